The van der Waals surface area contributed by atoms with Crippen molar-refractivity contribution in [2.45, 2.75) is 38.5 Å². The topological polar surface area (TPSA) is 0 Å². The first-order valence-corrected chi connectivity index (χ1v) is 5.51. The Kier molecular flexibility index (Phi) is 2.85. The average molecular weight is 192 g/mol. The molecule has 0 aromatic heterocycles. The van der Waals surface area contributed by atoms with Crippen molar-refractivity contribution in [3.05, 3.63) is 35.6 Å². The van der Waals surface area contributed by atoms with Gasteiger partial charge in [0.1, 0.15) is 5.82 Å². The molecule has 1 aliphatic rings. The second-order valence-electron chi connectivity index (χ2n) is 4.52. The molecule has 76 valence electrons. The van der Waals surface area contributed by atoms with E-state index in [0.29, 0.717) is 5.92 Å². The van der Waals surface area contributed by atoms with Crippen LogP contribution in [0.1, 0.15) is 44.1 Å². The van der Waals surface area contributed by atoms with Gasteiger partial charge in [0.05, 0.1) is 0 Å². The molecule has 0 aliphatic heterocycles. The van der Waals surface area contributed by atoms with Gasteiger partial charge >= 0.3 is 0 Å². The van der Waals surface area contributed by atoms with E-state index in [0.717, 1.165) is 5.92 Å². The molecule has 1 heteroatoms. The summed E-state index contributed by atoms with van der Waals surface area (Å²) in [5, 5.41) is 0. The Hall–Kier alpha value is -0.850. The van der Waals surface area contributed by atoms with Gasteiger partial charge in [-0.15, -0.1) is 0 Å². The van der Waals surface area contributed by atoms with Crippen LogP contribution in [0, 0.1) is 11.7 Å². The van der Waals surface area contributed by atoms with Crippen LogP contribution in [0.2, 0.25) is 0 Å². The lowest BCUT2D eigenvalue weighted by molar-refractivity contribution is 0.344. The normalized spacial score (nSPS) is 27.6. The van der Waals surface area contributed by atoms with Gasteiger partial charge in [-0.2, -0.15) is 0 Å². The van der Waals surface area contributed by atoms with Gasteiger partial charge in [-0.25, -0.2) is 4.39 Å². The van der Waals surface area contributed by atoms with Crippen LogP contribution in [-0.4, -0.2) is 0 Å². The number of hydrogen-bond acceptors (Lipinski definition) is 0. The van der Waals surface area contributed by atoms with Crippen molar-refractivity contribution in [3.63, 3.8) is 0 Å². The molecular weight excluding hydrogens is 175 g/mol. The molecule has 1 aromatic rings. The van der Waals surface area contributed by atoms with E-state index in [2.05, 4.69) is 6.92 Å². The Balaban J connectivity index is 2.10. The van der Waals surface area contributed by atoms with Crippen LogP contribution in [0.5, 0.6) is 0 Å². The molecule has 0 bridgehead atoms. The zero-order chi connectivity index (χ0) is 9.97. The number of halogens is 1. The van der Waals surface area contributed by atoms with Crippen LogP contribution < -0.4 is 0 Å². The highest BCUT2D eigenvalue weighted by Gasteiger charge is 2.19. The fourth-order valence-corrected chi connectivity index (χ4v) is 2.47. The number of benzene rings is 1. The van der Waals surface area contributed by atoms with E-state index in [4.69, 9.17) is 0 Å². The largest absolute Gasteiger partial charge is 0.207 e. The van der Waals surface area contributed by atoms with E-state index in [9.17, 15) is 4.39 Å². The molecule has 0 N–H and O–H groups in total. The summed E-state index contributed by atoms with van der Waals surface area (Å²) in [5.74, 6) is 1.37. The van der Waals surface area contributed by atoms with Crippen molar-refractivity contribution in [2.24, 2.45) is 5.92 Å². The molecular formula is C13H17F. The number of rotatable bonds is 1. The summed E-state index contributed by atoms with van der Waals surface area (Å²) in [4.78, 5) is 0. The van der Waals surface area contributed by atoms with E-state index >= 15 is 0 Å². The van der Waals surface area contributed by atoms with Gasteiger partial charge in [-0.1, -0.05) is 31.9 Å². The molecule has 14 heavy (non-hydrogen) atoms. The Morgan fingerprint density at radius 3 is 2.50 bits per heavy atom. The fourth-order valence-electron chi connectivity index (χ4n) is 2.47. The van der Waals surface area contributed by atoms with Gasteiger partial charge in [-0.3, -0.25) is 0 Å². The van der Waals surface area contributed by atoms with Crippen molar-refractivity contribution in [1.82, 2.24) is 0 Å². The first kappa shape index (κ1) is 9.70. The van der Waals surface area contributed by atoms with Gasteiger partial charge in [0, 0.05) is 0 Å². The highest BCUT2D eigenvalue weighted by Crippen LogP contribution is 2.35. The van der Waals surface area contributed by atoms with Gasteiger partial charge < -0.3 is 0 Å². The molecule has 2 rings (SSSR count). The van der Waals surface area contributed by atoms with Crippen molar-refractivity contribution < 1.29 is 4.39 Å². The van der Waals surface area contributed by atoms with Crippen molar-refractivity contribution in [2.75, 3.05) is 0 Å². The Bertz CT molecular complexity index is 289. The second-order valence-corrected chi connectivity index (χ2v) is 4.52. The molecule has 2 atom stereocenters. The van der Waals surface area contributed by atoms with Gasteiger partial charge in [0.2, 0.25) is 0 Å². The van der Waals surface area contributed by atoms with Crippen LogP contribution in [0.4, 0.5) is 4.39 Å². The fraction of sp³-hybridized carbons (Fsp3) is 0.538. The Morgan fingerprint density at radius 2 is 1.86 bits per heavy atom. The van der Waals surface area contributed by atoms with Crippen molar-refractivity contribution >= 4 is 0 Å². The first-order chi connectivity index (χ1) is 6.75. The molecule has 0 spiro atoms. The van der Waals surface area contributed by atoms with Crippen LogP contribution >= 0.6 is 0 Å². The molecule has 0 saturated heterocycles. The summed E-state index contributed by atoms with van der Waals surface area (Å²) in [6, 6.07) is 7.04. The van der Waals surface area contributed by atoms with E-state index < -0.39 is 0 Å². The van der Waals surface area contributed by atoms with Gasteiger partial charge in [0.15, 0.2) is 0 Å². The maximum atomic E-state index is 12.7. The standard InChI is InChI=1S/C13H17F/c1-10-3-2-4-12(9-10)11-5-7-13(14)8-6-11/h5-8,10,12H,2-4,9H2,1H3/t10?,12-/m1/s1. The van der Waals surface area contributed by atoms with Crippen LogP contribution in [0.3, 0.4) is 0 Å². The quantitative estimate of drug-likeness (QED) is 0.628. The molecule has 1 aromatic carbocycles. The lowest BCUT2D eigenvalue weighted by Crippen LogP contribution is -2.11. The van der Waals surface area contributed by atoms with Gasteiger partial charge in [-0.05, 0) is 42.4 Å². The molecule has 0 amide bonds. The molecule has 1 fully saturated rings. The minimum atomic E-state index is -0.127. The minimum Gasteiger partial charge on any atom is -0.207 e. The van der Waals surface area contributed by atoms with Crippen LogP contribution in [-0.2, 0) is 0 Å². The van der Waals surface area contributed by atoms with Crippen LogP contribution in [0.25, 0.3) is 0 Å². The molecule has 1 unspecified atom stereocenters. The third kappa shape index (κ3) is 2.14. The lowest BCUT2D eigenvalue weighted by atomic mass is 9.79. The maximum Gasteiger partial charge on any atom is 0.123 e. The summed E-state index contributed by atoms with van der Waals surface area (Å²) in [7, 11) is 0. The summed E-state index contributed by atoms with van der Waals surface area (Å²) in [5.41, 5.74) is 1.32. The molecule has 1 saturated carbocycles. The van der Waals surface area contributed by atoms with E-state index in [1.807, 2.05) is 12.1 Å². The molecule has 0 heterocycles. The summed E-state index contributed by atoms with van der Waals surface area (Å²) >= 11 is 0. The van der Waals surface area contributed by atoms with E-state index in [-0.39, 0.29) is 5.82 Å². The van der Waals surface area contributed by atoms with Crippen molar-refractivity contribution in [1.29, 1.82) is 0 Å². The smallest absolute Gasteiger partial charge is 0.123 e. The summed E-state index contributed by atoms with van der Waals surface area (Å²) < 4.78 is 12.7. The third-order valence-electron chi connectivity index (χ3n) is 3.28. The average Bonchev–Trinajstić information content (AvgIpc) is 2.19. The zero-order valence-electron chi connectivity index (χ0n) is 8.67. The lowest BCUT2D eigenvalue weighted by Gasteiger charge is -2.26. The zero-order valence-corrected chi connectivity index (χ0v) is 8.67. The monoisotopic (exact) mass is 192 g/mol. The summed E-state index contributed by atoms with van der Waals surface area (Å²) in [6.07, 6.45) is 5.22. The van der Waals surface area contributed by atoms with E-state index in [1.54, 1.807) is 12.1 Å². The Labute approximate surface area is 85.1 Å². The van der Waals surface area contributed by atoms with Crippen LogP contribution in [0.15, 0.2) is 24.3 Å². The predicted molar refractivity (Wildman–Crippen MR) is 56.8 cm³/mol. The minimum absolute atomic E-state index is 0.127. The molecule has 1 aliphatic carbocycles. The highest BCUT2D eigenvalue weighted by atomic mass is 19.1. The van der Waals surface area contributed by atoms with E-state index in [1.165, 1.54) is 31.2 Å². The molecule has 0 radical (unpaired) electrons. The number of hydrogen-bond donors (Lipinski definition) is 0. The van der Waals surface area contributed by atoms with Crippen molar-refractivity contribution in [3.8, 4) is 0 Å². The second kappa shape index (κ2) is 4.12. The third-order valence-corrected chi connectivity index (χ3v) is 3.28. The molecule has 0 nitrogen and oxygen atoms in total. The van der Waals surface area contributed by atoms with Gasteiger partial charge in [0.25, 0.3) is 0 Å². The summed E-state index contributed by atoms with van der Waals surface area (Å²) in [6.45, 7) is 2.32. The first-order valence-electron chi connectivity index (χ1n) is 5.51. The SMILES string of the molecule is CC1CCC[C@@H](c2ccc(F)cc2)C1. The predicted octanol–water partition coefficient (Wildman–Crippen LogP) is 4.12. The maximum absolute atomic E-state index is 12.7. The Morgan fingerprint density at radius 1 is 1.14 bits per heavy atom. The highest BCUT2D eigenvalue weighted by molar-refractivity contribution is 5.20.